The van der Waals surface area contributed by atoms with Crippen LogP contribution in [-0.2, 0) is 14.3 Å². The van der Waals surface area contributed by atoms with Gasteiger partial charge in [0.15, 0.2) is 6.10 Å². The third kappa shape index (κ3) is 5.57. The molecule has 0 bridgehead atoms. The maximum Gasteiger partial charge on any atom is 0.339 e. The van der Waals surface area contributed by atoms with Crippen molar-refractivity contribution in [3.8, 4) is 0 Å². The quantitative estimate of drug-likeness (QED) is 0.562. The molecule has 0 aromatic heterocycles. The monoisotopic (exact) mass is 342 g/mol. The predicted molar refractivity (Wildman–Crippen MR) is 103 cm³/mol. The van der Waals surface area contributed by atoms with Crippen LogP contribution in [0.1, 0.15) is 51.7 Å². The van der Waals surface area contributed by atoms with Crippen molar-refractivity contribution in [1.29, 1.82) is 0 Å². The van der Waals surface area contributed by atoms with Gasteiger partial charge in [-0.2, -0.15) is 0 Å². The molecule has 0 saturated heterocycles. The van der Waals surface area contributed by atoms with E-state index >= 15 is 0 Å². The maximum absolute atomic E-state index is 12.6. The zero-order chi connectivity index (χ0) is 18.2. The van der Waals surface area contributed by atoms with Gasteiger partial charge in [0.1, 0.15) is 0 Å². The Morgan fingerprint density at radius 2 is 1.72 bits per heavy atom. The van der Waals surface area contributed by atoms with Crippen LogP contribution in [0, 0.1) is 11.8 Å². The summed E-state index contributed by atoms with van der Waals surface area (Å²) in [6.07, 6.45) is 2.79. The molecule has 0 radical (unpaired) electrons. The van der Waals surface area contributed by atoms with Gasteiger partial charge in [0, 0.05) is 7.11 Å². The van der Waals surface area contributed by atoms with Crippen molar-refractivity contribution in [3.05, 3.63) is 48.0 Å². The zero-order valence-corrected chi connectivity index (χ0v) is 15.8. The topological polar surface area (TPSA) is 35.5 Å². The summed E-state index contributed by atoms with van der Waals surface area (Å²) in [6.45, 7) is 7.05. The van der Waals surface area contributed by atoms with Gasteiger partial charge in [-0.05, 0) is 34.6 Å². The van der Waals surface area contributed by atoms with Crippen molar-refractivity contribution in [2.24, 2.45) is 11.8 Å². The molecule has 2 rings (SSSR count). The molecular formula is C22H30O3. The molecule has 0 aliphatic carbocycles. The number of carbonyl (C=O) groups is 1. The molecule has 0 heterocycles. The van der Waals surface area contributed by atoms with E-state index in [4.69, 9.17) is 9.47 Å². The number of hydrogen-bond acceptors (Lipinski definition) is 3. The number of benzene rings is 2. The second-order valence-corrected chi connectivity index (χ2v) is 7.24. The zero-order valence-electron chi connectivity index (χ0n) is 15.8. The molecule has 0 aliphatic heterocycles. The fraction of sp³-hybridized carbons (Fsp3) is 0.500. The lowest BCUT2D eigenvalue weighted by Crippen LogP contribution is -2.20. The van der Waals surface area contributed by atoms with Crippen LogP contribution in [-0.4, -0.2) is 19.7 Å². The second kappa shape index (κ2) is 9.57. The van der Waals surface area contributed by atoms with E-state index in [0.717, 1.165) is 28.7 Å². The summed E-state index contributed by atoms with van der Waals surface area (Å²) in [6, 6.07) is 13.9. The lowest BCUT2D eigenvalue weighted by Gasteiger charge is -2.19. The number of esters is 1. The van der Waals surface area contributed by atoms with E-state index in [2.05, 4.69) is 20.8 Å². The highest BCUT2D eigenvalue weighted by Gasteiger charge is 2.24. The first-order chi connectivity index (χ1) is 12.0. The highest BCUT2D eigenvalue weighted by atomic mass is 16.6. The Hall–Kier alpha value is -1.87. The highest BCUT2D eigenvalue weighted by Crippen LogP contribution is 2.27. The highest BCUT2D eigenvalue weighted by molar-refractivity contribution is 5.90. The summed E-state index contributed by atoms with van der Waals surface area (Å²) in [7, 11) is 1.56. The smallest absolute Gasteiger partial charge is 0.339 e. The minimum Gasteiger partial charge on any atom is -0.463 e. The summed E-state index contributed by atoms with van der Waals surface area (Å²) in [5.41, 5.74) is 0.859. The molecule has 136 valence electrons. The van der Waals surface area contributed by atoms with E-state index in [1.54, 1.807) is 7.11 Å². The first-order valence-electron chi connectivity index (χ1n) is 9.20. The molecule has 2 atom stereocenters. The van der Waals surface area contributed by atoms with Crippen LogP contribution >= 0.6 is 0 Å². The third-order valence-corrected chi connectivity index (χ3v) is 4.54. The fourth-order valence-electron chi connectivity index (χ4n) is 3.09. The van der Waals surface area contributed by atoms with Crippen molar-refractivity contribution >= 4 is 16.7 Å². The van der Waals surface area contributed by atoms with Crippen LogP contribution in [0.3, 0.4) is 0 Å². The first kappa shape index (κ1) is 19.5. The van der Waals surface area contributed by atoms with Gasteiger partial charge >= 0.3 is 5.97 Å². The minimum atomic E-state index is -0.686. The molecule has 0 saturated carbocycles. The Morgan fingerprint density at radius 3 is 2.44 bits per heavy atom. The number of rotatable bonds is 9. The van der Waals surface area contributed by atoms with Crippen molar-refractivity contribution in [2.75, 3.05) is 13.7 Å². The lowest BCUT2D eigenvalue weighted by atomic mass is 9.99. The van der Waals surface area contributed by atoms with Crippen LogP contribution < -0.4 is 0 Å². The summed E-state index contributed by atoms with van der Waals surface area (Å²) >= 11 is 0. The molecule has 0 aliphatic rings. The van der Waals surface area contributed by atoms with Crippen LogP contribution in [0.2, 0.25) is 0 Å². The Kier molecular flexibility index (Phi) is 7.45. The van der Waals surface area contributed by atoms with Crippen molar-refractivity contribution < 1.29 is 14.3 Å². The van der Waals surface area contributed by atoms with Gasteiger partial charge in [-0.1, -0.05) is 76.1 Å². The van der Waals surface area contributed by atoms with Gasteiger partial charge in [0.2, 0.25) is 0 Å². The van der Waals surface area contributed by atoms with Crippen molar-refractivity contribution in [1.82, 2.24) is 0 Å². The predicted octanol–water partition coefficient (Wildman–Crippen LogP) is 5.53. The standard InChI is InChI=1S/C22H30O3/c1-16(2)9-7-10-17(3)15-25-22(23)21(24-4)20-14-8-12-18-11-5-6-13-19(18)20/h5-6,8,11-14,16-17,21H,7,9-10,15H2,1-4H3/t17-,21+/m1/s1. The summed E-state index contributed by atoms with van der Waals surface area (Å²) < 4.78 is 11.0. The molecule has 2 aromatic carbocycles. The summed E-state index contributed by atoms with van der Waals surface area (Å²) in [5.74, 6) is 0.779. The Morgan fingerprint density at radius 1 is 1.00 bits per heavy atom. The van der Waals surface area contributed by atoms with Crippen LogP contribution in [0.4, 0.5) is 0 Å². The van der Waals surface area contributed by atoms with Crippen molar-refractivity contribution in [3.63, 3.8) is 0 Å². The largest absolute Gasteiger partial charge is 0.463 e. The van der Waals surface area contributed by atoms with E-state index in [1.165, 1.54) is 12.8 Å². The molecule has 2 aromatic rings. The van der Waals surface area contributed by atoms with E-state index in [9.17, 15) is 4.79 Å². The lowest BCUT2D eigenvalue weighted by molar-refractivity contribution is -0.157. The van der Waals surface area contributed by atoms with E-state index < -0.39 is 6.10 Å². The second-order valence-electron chi connectivity index (χ2n) is 7.24. The number of ether oxygens (including phenoxy) is 2. The van der Waals surface area contributed by atoms with Crippen LogP contribution in [0.15, 0.2) is 42.5 Å². The SMILES string of the molecule is CO[C@H](C(=O)OC[C@H](C)CCCC(C)C)c1cccc2ccccc12. The number of fused-ring (bicyclic) bond motifs is 1. The van der Waals surface area contributed by atoms with Crippen LogP contribution in [0.25, 0.3) is 10.8 Å². The molecule has 0 unspecified atom stereocenters. The molecule has 0 amide bonds. The average Bonchev–Trinajstić information content (AvgIpc) is 2.60. The van der Waals surface area contributed by atoms with Gasteiger partial charge in [-0.3, -0.25) is 0 Å². The van der Waals surface area contributed by atoms with Gasteiger partial charge in [-0.15, -0.1) is 0 Å². The van der Waals surface area contributed by atoms with Gasteiger partial charge in [-0.25, -0.2) is 4.79 Å². The van der Waals surface area contributed by atoms with Crippen LogP contribution in [0.5, 0.6) is 0 Å². The molecule has 3 heteroatoms. The first-order valence-corrected chi connectivity index (χ1v) is 9.20. The van der Waals surface area contributed by atoms with Crippen molar-refractivity contribution in [2.45, 2.75) is 46.1 Å². The normalized spacial score (nSPS) is 13.8. The Balaban J connectivity index is 1.99. The third-order valence-electron chi connectivity index (χ3n) is 4.54. The molecule has 25 heavy (non-hydrogen) atoms. The molecule has 0 N–H and O–H groups in total. The van der Waals surface area contributed by atoms with E-state index in [1.807, 2.05) is 42.5 Å². The summed E-state index contributed by atoms with van der Waals surface area (Å²) in [4.78, 5) is 12.6. The maximum atomic E-state index is 12.6. The molecule has 3 nitrogen and oxygen atoms in total. The van der Waals surface area contributed by atoms with E-state index in [0.29, 0.717) is 12.5 Å². The number of methoxy groups -OCH3 is 1. The van der Waals surface area contributed by atoms with E-state index in [-0.39, 0.29) is 5.97 Å². The number of carbonyl (C=O) groups excluding carboxylic acids is 1. The minimum absolute atomic E-state index is 0.311. The Bertz CT molecular complexity index is 673. The summed E-state index contributed by atoms with van der Waals surface area (Å²) in [5, 5.41) is 2.12. The van der Waals surface area contributed by atoms with Gasteiger partial charge in [0.05, 0.1) is 6.61 Å². The molecular weight excluding hydrogens is 312 g/mol. The molecule has 0 fully saturated rings. The van der Waals surface area contributed by atoms with Gasteiger partial charge in [0.25, 0.3) is 0 Å². The van der Waals surface area contributed by atoms with Gasteiger partial charge < -0.3 is 9.47 Å². The number of hydrogen-bond donors (Lipinski definition) is 0. The molecule has 0 spiro atoms. The average molecular weight is 342 g/mol. The Labute approximate surface area is 151 Å². The fourth-order valence-corrected chi connectivity index (χ4v) is 3.09.